The van der Waals surface area contributed by atoms with E-state index in [0.29, 0.717) is 9.94 Å². The summed E-state index contributed by atoms with van der Waals surface area (Å²) in [5, 5.41) is 8.93. The normalized spacial score (nSPS) is 9.27. The van der Waals surface area contributed by atoms with Crippen molar-refractivity contribution in [1.82, 2.24) is 0 Å². The molecular formula is C6H7BO3S. The standard InChI is InChI=1S/C6H7BO3S/c1-4(8)5-2-3-6(11-5)10-7-9/h2-3,7,9H,1H3. The van der Waals surface area contributed by atoms with Crippen molar-refractivity contribution in [2.45, 2.75) is 6.92 Å². The van der Waals surface area contributed by atoms with Gasteiger partial charge in [0, 0.05) is 0 Å². The molecule has 0 amide bonds. The van der Waals surface area contributed by atoms with Gasteiger partial charge in [0.25, 0.3) is 0 Å². The Kier molecular flexibility index (Phi) is 2.67. The van der Waals surface area contributed by atoms with Crippen LogP contribution in [0, 0.1) is 0 Å². The maximum absolute atomic E-state index is 10.8. The molecule has 0 unspecified atom stereocenters. The average molecular weight is 170 g/mol. The lowest BCUT2D eigenvalue weighted by atomic mass is 10.3. The molecule has 0 saturated carbocycles. The Morgan fingerprint density at radius 2 is 2.45 bits per heavy atom. The van der Waals surface area contributed by atoms with Crippen LogP contribution in [0.2, 0.25) is 0 Å². The van der Waals surface area contributed by atoms with Crippen LogP contribution in [0.5, 0.6) is 5.06 Å². The van der Waals surface area contributed by atoms with Crippen molar-refractivity contribution < 1.29 is 14.5 Å². The van der Waals surface area contributed by atoms with E-state index in [1.807, 2.05) is 0 Å². The predicted octanol–water partition coefficient (Wildman–Crippen LogP) is 0.588. The summed E-state index contributed by atoms with van der Waals surface area (Å²) < 4.78 is 4.76. The summed E-state index contributed by atoms with van der Waals surface area (Å²) in [4.78, 5) is 11.4. The number of hydrogen-bond acceptors (Lipinski definition) is 4. The van der Waals surface area contributed by atoms with Gasteiger partial charge >= 0.3 is 7.69 Å². The van der Waals surface area contributed by atoms with Crippen molar-refractivity contribution in [1.29, 1.82) is 0 Å². The number of carbonyl (C=O) groups is 1. The van der Waals surface area contributed by atoms with Gasteiger partial charge in [0.05, 0.1) is 4.88 Å². The first-order chi connectivity index (χ1) is 5.24. The van der Waals surface area contributed by atoms with Crippen LogP contribution in [0.25, 0.3) is 0 Å². The molecule has 58 valence electrons. The smallest absolute Gasteiger partial charge is 0.504 e. The maximum atomic E-state index is 10.8. The molecule has 0 bridgehead atoms. The molecule has 0 fully saturated rings. The lowest BCUT2D eigenvalue weighted by molar-refractivity contribution is 0.102. The lowest BCUT2D eigenvalue weighted by Crippen LogP contribution is -1.97. The highest BCUT2D eigenvalue weighted by atomic mass is 32.1. The molecule has 0 aromatic carbocycles. The Labute approximate surface area is 68.9 Å². The van der Waals surface area contributed by atoms with Crippen molar-refractivity contribution >= 4 is 24.8 Å². The minimum atomic E-state index is -0.349. The Morgan fingerprint density at radius 3 is 2.91 bits per heavy atom. The third-order valence-electron chi connectivity index (χ3n) is 1.14. The number of thiophene rings is 1. The highest BCUT2D eigenvalue weighted by Gasteiger charge is 2.03. The van der Waals surface area contributed by atoms with E-state index in [1.165, 1.54) is 18.3 Å². The molecule has 0 radical (unpaired) electrons. The fourth-order valence-electron chi connectivity index (χ4n) is 0.651. The van der Waals surface area contributed by atoms with Crippen LogP contribution in [0.15, 0.2) is 12.1 Å². The lowest BCUT2D eigenvalue weighted by Gasteiger charge is -1.92. The van der Waals surface area contributed by atoms with Gasteiger partial charge in [-0.3, -0.25) is 4.79 Å². The molecule has 1 rings (SSSR count). The molecule has 0 spiro atoms. The Hall–Kier alpha value is -0.805. The first kappa shape index (κ1) is 8.29. The first-order valence-electron chi connectivity index (χ1n) is 3.08. The van der Waals surface area contributed by atoms with Gasteiger partial charge in [-0.1, -0.05) is 11.3 Å². The minimum Gasteiger partial charge on any atom is -0.531 e. The van der Waals surface area contributed by atoms with Crippen molar-refractivity contribution in [3.63, 3.8) is 0 Å². The highest BCUT2D eigenvalue weighted by molar-refractivity contribution is 7.15. The second kappa shape index (κ2) is 3.55. The third kappa shape index (κ3) is 2.06. The number of carbonyl (C=O) groups excluding carboxylic acids is 1. The van der Waals surface area contributed by atoms with E-state index in [2.05, 4.69) is 0 Å². The van der Waals surface area contributed by atoms with Crippen LogP contribution in [0.3, 0.4) is 0 Å². The van der Waals surface area contributed by atoms with Gasteiger partial charge in [0.15, 0.2) is 10.8 Å². The average Bonchev–Trinajstić information content (AvgIpc) is 2.37. The Balaban J connectivity index is 2.73. The van der Waals surface area contributed by atoms with Crippen molar-refractivity contribution in [2.24, 2.45) is 0 Å². The summed E-state index contributed by atoms with van der Waals surface area (Å²) in [7, 11) is -0.349. The topological polar surface area (TPSA) is 46.5 Å². The summed E-state index contributed by atoms with van der Waals surface area (Å²) in [6, 6.07) is 3.34. The molecule has 1 N–H and O–H groups in total. The molecule has 0 saturated heterocycles. The van der Waals surface area contributed by atoms with E-state index in [0.717, 1.165) is 0 Å². The Morgan fingerprint density at radius 1 is 1.73 bits per heavy atom. The van der Waals surface area contributed by atoms with Crippen LogP contribution in [0.1, 0.15) is 16.6 Å². The molecule has 11 heavy (non-hydrogen) atoms. The first-order valence-corrected chi connectivity index (χ1v) is 3.90. The molecule has 1 aromatic heterocycles. The van der Waals surface area contributed by atoms with E-state index in [-0.39, 0.29) is 13.5 Å². The highest BCUT2D eigenvalue weighted by Crippen LogP contribution is 2.23. The van der Waals surface area contributed by atoms with Crippen molar-refractivity contribution in [2.75, 3.05) is 0 Å². The summed E-state index contributed by atoms with van der Waals surface area (Å²) in [5.41, 5.74) is 0. The number of ketones is 1. The van der Waals surface area contributed by atoms with Gasteiger partial charge in [-0.05, 0) is 19.1 Å². The zero-order valence-electron chi connectivity index (χ0n) is 6.03. The predicted molar refractivity (Wildman–Crippen MR) is 44.3 cm³/mol. The second-order valence-corrected chi connectivity index (χ2v) is 2.99. The molecule has 1 aromatic rings. The van der Waals surface area contributed by atoms with E-state index >= 15 is 0 Å². The maximum Gasteiger partial charge on any atom is 0.504 e. The molecule has 0 aliphatic rings. The molecule has 5 heteroatoms. The van der Waals surface area contributed by atoms with Gasteiger partial charge in [-0.25, -0.2) is 0 Å². The van der Waals surface area contributed by atoms with Gasteiger partial charge in [-0.15, -0.1) is 0 Å². The van der Waals surface area contributed by atoms with Gasteiger partial charge in [0.2, 0.25) is 0 Å². The summed E-state index contributed by atoms with van der Waals surface area (Å²) in [6.45, 7) is 1.49. The van der Waals surface area contributed by atoms with Gasteiger partial charge in [-0.2, -0.15) is 0 Å². The summed E-state index contributed by atoms with van der Waals surface area (Å²) in [5.74, 6) is 0.0165. The fraction of sp³-hybridized carbons (Fsp3) is 0.167. The fourth-order valence-corrected chi connectivity index (χ4v) is 1.39. The van der Waals surface area contributed by atoms with E-state index < -0.39 is 0 Å². The molecule has 0 aliphatic carbocycles. The van der Waals surface area contributed by atoms with E-state index in [1.54, 1.807) is 12.1 Å². The van der Waals surface area contributed by atoms with E-state index in [9.17, 15) is 4.79 Å². The van der Waals surface area contributed by atoms with E-state index in [4.69, 9.17) is 9.68 Å². The molecule has 1 heterocycles. The largest absolute Gasteiger partial charge is 0.531 e. The summed E-state index contributed by atoms with van der Waals surface area (Å²) >= 11 is 1.23. The molecular weight excluding hydrogens is 163 g/mol. The van der Waals surface area contributed by atoms with Crippen LogP contribution in [-0.2, 0) is 0 Å². The number of hydrogen-bond donors (Lipinski definition) is 1. The minimum absolute atomic E-state index is 0.0165. The van der Waals surface area contributed by atoms with Gasteiger partial charge < -0.3 is 9.68 Å². The second-order valence-electron chi connectivity index (χ2n) is 1.95. The quantitative estimate of drug-likeness (QED) is 0.533. The van der Waals surface area contributed by atoms with Gasteiger partial charge in [0.1, 0.15) is 0 Å². The number of rotatable bonds is 3. The zero-order chi connectivity index (χ0) is 8.27. The molecule has 0 atom stereocenters. The van der Waals surface area contributed by atoms with Crippen LogP contribution >= 0.6 is 11.3 Å². The zero-order valence-corrected chi connectivity index (χ0v) is 6.85. The third-order valence-corrected chi connectivity index (χ3v) is 2.23. The van der Waals surface area contributed by atoms with Crippen molar-refractivity contribution in [3.8, 4) is 5.06 Å². The Bertz CT molecular complexity index is 258. The summed E-state index contributed by atoms with van der Waals surface area (Å²) in [6.07, 6.45) is 0. The molecule has 3 nitrogen and oxygen atoms in total. The SMILES string of the molecule is CC(=O)c1ccc(OBO)s1. The number of Topliss-reactive ketones (excluding diaryl/α,β-unsaturated/α-hetero) is 1. The van der Waals surface area contributed by atoms with Crippen LogP contribution < -0.4 is 4.65 Å². The van der Waals surface area contributed by atoms with Crippen molar-refractivity contribution in [3.05, 3.63) is 17.0 Å². The van der Waals surface area contributed by atoms with Crippen LogP contribution in [0.4, 0.5) is 0 Å². The van der Waals surface area contributed by atoms with Crippen LogP contribution in [-0.4, -0.2) is 18.5 Å². The monoisotopic (exact) mass is 170 g/mol. The molecule has 0 aliphatic heterocycles.